The number of Topliss-reactive ketones (excluding diaryl/α,β-unsaturated/α-hetero) is 1. The van der Waals surface area contributed by atoms with Gasteiger partial charge in [0.05, 0.1) is 12.7 Å². The molecule has 0 fully saturated rings. The van der Waals surface area contributed by atoms with Crippen LogP contribution >= 0.6 is 0 Å². The first kappa shape index (κ1) is 11.2. The van der Waals surface area contributed by atoms with Gasteiger partial charge in [-0.1, -0.05) is 6.07 Å². The second-order valence-electron chi connectivity index (χ2n) is 3.25. The SMILES string of the molecule is COC(=O)c1ccc(C(C)=O)c(C)c1N. The number of ether oxygens (including phenoxy) is 1. The quantitative estimate of drug-likeness (QED) is 0.454. The molecule has 1 rings (SSSR count). The summed E-state index contributed by atoms with van der Waals surface area (Å²) < 4.78 is 4.57. The maximum Gasteiger partial charge on any atom is 0.339 e. The zero-order valence-electron chi connectivity index (χ0n) is 8.96. The minimum atomic E-state index is -0.495. The molecule has 0 unspecified atom stereocenters. The molecule has 0 saturated carbocycles. The number of anilines is 1. The van der Waals surface area contributed by atoms with Crippen LogP contribution in [0.4, 0.5) is 5.69 Å². The molecule has 0 radical (unpaired) electrons. The van der Waals surface area contributed by atoms with E-state index in [2.05, 4.69) is 4.74 Å². The molecule has 0 aromatic heterocycles. The van der Waals surface area contributed by atoms with Crippen molar-refractivity contribution in [2.75, 3.05) is 12.8 Å². The summed E-state index contributed by atoms with van der Waals surface area (Å²) in [5, 5.41) is 0. The summed E-state index contributed by atoms with van der Waals surface area (Å²) in [5.74, 6) is -0.568. The Bertz CT molecular complexity index is 424. The molecule has 4 nitrogen and oxygen atoms in total. The van der Waals surface area contributed by atoms with Crippen LogP contribution in [0.1, 0.15) is 33.2 Å². The molecule has 0 aliphatic carbocycles. The first-order chi connectivity index (χ1) is 6.99. The van der Waals surface area contributed by atoms with Gasteiger partial charge in [-0.2, -0.15) is 0 Å². The Morgan fingerprint density at radius 3 is 2.27 bits per heavy atom. The molecule has 0 amide bonds. The van der Waals surface area contributed by atoms with E-state index in [1.54, 1.807) is 13.0 Å². The van der Waals surface area contributed by atoms with Gasteiger partial charge in [0.25, 0.3) is 0 Å². The standard InChI is InChI=1S/C11H13NO3/c1-6-8(7(2)13)4-5-9(10(6)12)11(14)15-3/h4-5H,12H2,1-3H3. The highest BCUT2D eigenvalue weighted by Crippen LogP contribution is 2.22. The molecule has 1 aromatic rings. The Morgan fingerprint density at radius 2 is 1.80 bits per heavy atom. The molecule has 1 aromatic carbocycles. The van der Waals surface area contributed by atoms with Gasteiger partial charge in [0.1, 0.15) is 0 Å². The normalized spacial score (nSPS) is 9.80. The number of benzene rings is 1. The van der Waals surface area contributed by atoms with Gasteiger partial charge in [-0.3, -0.25) is 4.79 Å². The van der Waals surface area contributed by atoms with Crippen molar-refractivity contribution in [2.24, 2.45) is 0 Å². The summed E-state index contributed by atoms with van der Waals surface area (Å²) in [5.41, 5.74) is 7.48. The number of hydrogen-bond acceptors (Lipinski definition) is 4. The van der Waals surface area contributed by atoms with Gasteiger partial charge >= 0.3 is 5.97 Å². The number of rotatable bonds is 2. The number of carbonyl (C=O) groups excluding carboxylic acids is 2. The second kappa shape index (κ2) is 4.13. The van der Waals surface area contributed by atoms with Crippen LogP contribution in [0.25, 0.3) is 0 Å². The number of esters is 1. The number of hydrogen-bond donors (Lipinski definition) is 1. The Hall–Kier alpha value is -1.84. The predicted octanol–water partition coefficient (Wildman–Crippen LogP) is 1.57. The lowest BCUT2D eigenvalue weighted by Gasteiger charge is -2.09. The fourth-order valence-electron chi connectivity index (χ4n) is 1.40. The summed E-state index contributed by atoms with van der Waals surface area (Å²) >= 11 is 0. The van der Waals surface area contributed by atoms with Crippen molar-refractivity contribution in [3.8, 4) is 0 Å². The highest BCUT2D eigenvalue weighted by Gasteiger charge is 2.15. The van der Waals surface area contributed by atoms with E-state index in [0.29, 0.717) is 22.4 Å². The molecule has 0 saturated heterocycles. The van der Waals surface area contributed by atoms with E-state index in [0.717, 1.165) is 0 Å². The molecule has 0 aliphatic heterocycles. The van der Waals surface area contributed by atoms with Crippen LogP contribution in [0.3, 0.4) is 0 Å². The molecular formula is C11H13NO3. The number of ketones is 1. The maximum atomic E-state index is 11.3. The van der Waals surface area contributed by atoms with Crippen LogP contribution in [-0.2, 0) is 4.74 Å². The zero-order valence-corrected chi connectivity index (χ0v) is 8.96. The van der Waals surface area contributed by atoms with Crippen molar-refractivity contribution in [3.63, 3.8) is 0 Å². The predicted molar refractivity (Wildman–Crippen MR) is 56.9 cm³/mol. The van der Waals surface area contributed by atoms with E-state index >= 15 is 0 Å². The van der Waals surface area contributed by atoms with Crippen molar-refractivity contribution in [1.82, 2.24) is 0 Å². The third-order valence-corrected chi connectivity index (χ3v) is 2.30. The highest BCUT2D eigenvalue weighted by atomic mass is 16.5. The molecule has 2 N–H and O–H groups in total. The van der Waals surface area contributed by atoms with Crippen LogP contribution in [0.5, 0.6) is 0 Å². The van der Waals surface area contributed by atoms with Gasteiger partial charge in [-0.05, 0) is 25.5 Å². The minimum absolute atomic E-state index is 0.0735. The number of carbonyl (C=O) groups is 2. The summed E-state index contributed by atoms with van der Waals surface area (Å²) in [6.45, 7) is 3.16. The molecule has 0 atom stereocenters. The highest BCUT2D eigenvalue weighted by molar-refractivity contribution is 6.01. The zero-order chi connectivity index (χ0) is 11.6. The molecule has 4 heteroatoms. The average Bonchev–Trinajstić information content (AvgIpc) is 2.20. The van der Waals surface area contributed by atoms with E-state index < -0.39 is 5.97 Å². The van der Waals surface area contributed by atoms with E-state index in [1.165, 1.54) is 20.1 Å². The molecule has 0 aliphatic rings. The second-order valence-corrected chi connectivity index (χ2v) is 3.25. The molecule has 0 bridgehead atoms. The monoisotopic (exact) mass is 207 g/mol. The molecular weight excluding hydrogens is 194 g/mol. The van der Waals surface area contributed by atoms with Crippen LogP contribution in [-0.4, -0.2) is 18.9 Å². The van der Waals surface area contributed by atoms with Crippen molar-refractivity contribution >= 4 is 17.4 Å². The van der Waals surface area contributed by atoms with E-state index in [-0.39, 0.29) is 5.78 Å². The van der Waals surface area contributed by atoms with Crippen LogP contribution < -0.4 is 5.73 Å². The van der Waals surface area contributed by atoms with E-state index in [1.807, 2.05) is 0 Å². The fraction of sp³-hybridized carbons (Fsp3) is 0.273. The Kier molecular flexibility index (Phi) is 3.09. The number of nitrogen functional groups attached to an aromatic ring is 1. The topological polar surface area (TPSA) is 69.4 Å². The van der Waals surface area contributed by atoms with Crippen molar-refractivity contribution in [1.29, 1.82) is 0 Å². The van der Waals surface area contributed by atoms with Crippen LogP contribution in [0, 0.1) is 6.92 Å². The molecule has 0 spiro atoms. The lowest BCUT2D eigenvalue weighted by atomic mass is 10.00. The van der Waals surface area contributed by atoms with Gasteiger partial charge in [-0.15, -0.1) is 0 Å². The Balaban J connectivity index is 3.33. The van der Waals surface area contributed by atoms with Crippen molar-refractivity contribution < 1.29 is 14.3 Å². The maximum absolute atomic E-state index is 11.3. The summed E-state index contributed by atoms with van der Waals surface area (Å²) in [7, 11) is 1.29. The van der Waals surface area contributed by atoms with Crippen LogP contribution in [0.2, 0.25) is 0 Å². The van der Waals surface area contributed by atoms with Crippen molar-refractivity contribution in [2.45, 2.75) is 13.8 Å². The molecule has 15 heavy (non-hydrogen) atoms. The van der Waals surface area contributed by atoms with E-state index in [9.17, 15) is 9.59 Å². The van der Waals surface area contributed by atoms with Gasteiger partial charge in [0, 0.05) is 11.3 Å². The van der Waals surface area contributed by atoms with Gasteiger partial charge in [0.2, 0.25) is 0 Å². The van der Waals surface area contributed by atoms with Crippen LogP contribution in [0.15, 0.2) is 12.1 Å². The van der Waals surface area contributed by atoms with Gasteiger partial charge < -0.3 is 10.5 Å². The smallest absolute Gasteiger partial charge is 0.339 e. The Labute approximate surface area is 88.0 Å². The van der Waals surface area contributed by atoms with Crippen molar-refractivity contribution in [3.05, 3.63) is 28.8 Å². The lowest BCUT2D eigenvalue weighted by Crippen LogP contribution is -2.09. The third kappa shape index (κ3) is 1.98. The van der Waals surface area contributed by atoms with Gasteiger partial charge in [0.15, 0.2) is 5.78 Å². The first-order valence-corrected chi connectivity index (χ1v) is 4.47. The minimum Gasteiger partial charge on any atom is -0.465 e. The Morgan fingerprint density at radius 1 is 1.27 bits per heavy atom. The molecule has 0 heterocycles. The first-order valence-electron chi connectivity index (χ1n) is 4.47. The number of methoxy groups -OCH3 is 1. The third-order valence-electron chi connectivity index (χ3n) is 2.30. The molecule has 80 valence electrons. The summed E-state index contributed by atoms with van der Waals surface area (Å²) in [4.78, 5) is 22.5. The largest absolute Gasteiger partial charge is 0.465 e. The number of nitrogens with two attached hydrogens (primary N) is 1. The van der Waals surface area contributed by atoms with Gasteiger partial charge in [-0.25, -0.2) is 4.79 Å². The summed E-state index contributed by atoms with van der Waals surface area (Å²) in [6, 6.07) is 3.09. The van der Waals surface area contributed by atoms with E-state index in [4.69, 9.17) is 5.73 Å². The average molecular weight is 207 g/mol. The summed E-state index contributed by atoms with van der Waals surface area (Å²) in [6.07, 6.45) is 0. The fourth-order valence-corrected chi connectivity index (χ4v) is 1.40. The lowest BCUT2D eigenvalue weighted by molar-refractivity contribution is 0.0601.